The molecule has 4 heteroatoms. The highest BCUT2D eigenvalue weighted by Gasteiger charge is 2.08. The first-order valence-corrected chi connectivity index (χ1v) is 6.55. The molecule has 0 saturated carbocycles. The van der Waals surface area contributed by atoms with Crippen LogP contribution in [-0.2, 0) is 0 Å². The third-order valence-corrected chi connectivity index (χ3v) is 3.70. The van der Waals surface area contributed by atoms with E-state index in [0.29, 0.717) is 5.16 Å². The fraction of sp³-hybridized carbons (Fsp3) is 0. The first-order valence-electron chi connectivity index (χ1n) is 5.22. The SMILES string of the molecule is Sc1nc(-c2cccs2)cn1-c1ccccc1. The first-order chi connectivity index (χ1) is 8.34. The number of benzene rings is 1. The van der Waals surface area contributed by atoms with Crippen LogP contribution in [0, 0.1) is 0 Å². The van der Waals surface area contributed by atoms with E-state index < -0.39 is 0 Å². The van der Waals surface area contributed by atoms with Crippen LogP contribution >= 0.6 is 24.0 Å². The minimum absolute atomic E-state index is 0.708. The molecule has 1 aromatic carbocycles. The van der Waals surface area contributed by atoms with Gasteiger partial charge in [-0.25, -0.2) is 4.98 Å². The summed E-state index contributed by atoms with van der Waals surface area (Å²) in [5.74, 6) is 0. The molecule has 2 nitrogen and oxygen atoms in total. The normalized spacial score (nSPS) is 10.6. The summed E-state index contributed by atoms with van der Waals surface area (Å²) in [6, 6.07) is 14.2. The van der Waals surface area contributed by atoms with Crippen LogP contribution in [0.5, 0.6) is 0 Å². The van der Waals surface area contributed by atoms with Crippen molar-refractivity contribution in [3.8, 4) is 16.3 Å². The molecule has 0 fully saturated rings. The number of nitrogens with zero attached hydrogens (tertiary/aromatic N) is 2. The van der Waals surface area contributed by atoms with Crippen LogP contribution in [0.15, 0.2) is 59.2 Å². The molecular formula is C13H10N2S2. The van der Waals surface area contributed by atoms with Crippen LogP contribution in [0.4, 0.5) is 0 Å². The smallest absolute Gasteiger partial charge is 0.170 e. The fourth-order valence-electron chi connectivity index (χ4n) is 1.69. The van der Waals surface area contributed by atoms with E-state index in [1.807, 2.05) is 47.2 Å². The molecule has 17 heavy (non-hydrogen) atoms. The van der Waals surface area contributed by atoms with Gasteiger partial charge < -0.3 is 0 Å². The van der Waals surface area contributed by atoms with Gasteiger partial charge >= 0.3 is 0 Å². The Kier molecular flexibility index (Phi) is 2.74. The Morgan fingerprint density at radius 2 is 1.88 bits per heavy atom. The van der Waals surface area contributed by atoms with Gasteiger partial charge in [0, 0.05) is 11.9 Å². The second-order valence-corrected chi connectivity index (χ2v) is 4.96. The number of hydrogen-bond acceptors (Lipinski definition) is 3. The molecule has 0 bridgehead atoms. The Balaban J connectivity index is 2.08. The molecule has 0 aliphatic carbocycles. The molecule has 3 rings (SSSR count). The van der Waals surface area contributed by atoms with Gasteiger partial charge in [0.1, 0.15) is 0 Å². The largest absolute Gasteiger partial charge is 0.294 e. The number of thiophene rings is 1. The third kappa shape index (κ3) is 2.01. The summed E-state index contributed by atoms with van der Waals surface area (Å²) in [5, 5.41) is 2.76. The lowest BCUT2D eigenvalue weighted by atomic mass is 10.3. The molecule has 0 radical (unpaired) electrons. The van der Waals surface area contributed by atoms with Gasteiger partial charge in [-0.1, -0.05) is 24.3 Å². The van der Waals surface area contributed by atoms with Gasteiger partial charge in [0.05, 0.1) is 10.6 Å². The van der Waals surface area contributed by atoms with Crippen LogP contribution in [0.3, 0.4) is 0 Å². The van der Waals surface area contributed by atoms with E-state index in [0.717, 1.165) is 16.3 Å². The summed E-state index contributed by atoms with van der Waals surface area (Å²) in [6.07, 6.45) is 2.02. The second kappa shape index (κ2) is 4.39. The predicted octanol–water partition coefficient (Wildman–Crippen LogP) is 3.89. The minimum atomic E-state index is 0.708. The van der Waals surface area contributed by atoms with Crippen LogP contribution in [0.1, 0.15) is 0 Å². The monoisotopic (exact) mass is 258 g/mol. The molecule has 0 N–H and O–H groups in total. The number of hydrogen-bond donors (Lipinski definition) is 1. The van der Waals surface area contributed by atoms with E-state index in [2.05, 4.69) is 29.1 Å². The first kappa shape index (κ1) is 10.6. The third-order valence-electron chi connectivity index (χ3n) is 2.50. The number of thiol groups is 1. The zero-order valence-electron chi connectivity index (χ0n) is 8.95. The highest BCUT2D eigenvalue weighted by Crippen LogP contribution is 2.26. The van der Waals surface area contributed by atoms with Gasteiger partial charge in [-0.2, -0.15) is 0 Å². The molecule has 0 aliphatic heterocycles. The van der Waals surface area contributed by atoms with Crippen molar-refractivity contribution < 1.29 is 0 Å². The van der Waals surface area contributed by atoms with Crippen molar-refractivity contribution in [3.63, 3.8) is 0 Å². The van der Waals surface area contributed by atoms with E-state index in [4.69, 9.17) is 0 Å². The Labute approximate surface area is 109 Å². The van der Waals surface area contributed by atoms with E-state index >= 15 is 0 Å². The maximum Gasteiger partial charge on any atom is 0.170 e. The second-order valence-electron chi connectivity index (χ2n) is 3.61. The van der Waals surface area contributed by atoms with Gasteiger partial charge in [0.25, 0.3) is 0 Å². The molecule has 3 aromatic rings. The maximum atomic E-state index is 4.47. The summed E-state index contributed by atoms with van der Waals surface area (Å²) in [4.78, 5) is 5.63. The molecule has 0 spiro atoms. The molecule has 2 aromatic heterocycles. The van der Waals surface area contributed by atoms with Gasteiger partial charge in [-0.05, 0) is 23.6 Å². The zero-order valence-corrected chi connectivity index (χ0v) is 10.7. The van der Waals surface area contributed by atoms with Crippen molar-refractivity contribution in [3.05, 3.63) is 54.0 Å². The Morgan fingerprint density at radius 1 is 1.06 bits per heavy atom. The summed E-state index contributed by atoms with van der Waals surface area (Å²) in [6.45, 7) is 0. The summed E-state index contributed by atoms with van der Waals surface area (Å²) < 4.78 is 1.98. The lowest BCUT2D eigenvalue weighted by Crippen LogP contribution is -1.91. The van der Waals surface area contributed by atoms with Gasteiger partial charge in [0.15, 0.2) is 5.16 Å². The number of rotatable bonds is 2. The average Bonchev–Trinajstić information content (AvgIpc) is 2.99. The fourth-order valence-corrected chi connectivity index (χ4v) is 2.65. The minimum Gasteiger partial charge on any atom is -0.294 e. The molecule has 0 saturated heterocycles. The topological polar surface area (TPSA) is 17.8 Å². The standard InChI is InChI=1S/C13H10N2S2/c16-13-14-11(12-7-4-8-17-12)9-15(13)10-5-2-1-3-6-10/h1-9H,(H,14,16). The molecular weight excluding hydrogens is 248 g/mol. The van der Waals surface area contributed by atoms with E-state index in [1.54, 1.807) is 11.3 Å². The lowest BCUT2D eigenvalue weighted by Gasteiger charge is -2.02. The molecule has 2 heterocycles. The molecule has 84 valence electrons. The Bertz CT molecular complexity index is 612. The molecule has 0 aliphatic rings. The van der Waals surface area contributed by atoms with Crippen LogP contribution in [0.25, 0.3) is 16.3 Å². The highest BCUT2D eigenvalue weighted by molar-refractivity contribution is 7.80. The molecule has 0 amide bonds. The van der Waals surface area contributed by atoms with E-state index in [1.165, 1.54) is 0 Å². The van der Waals surface area contributed by atoms with Crippen molar-refractivity contribution in [2.24, 2.45) is 0 Å². The quantitative estimate of drug-likeness (QED) is 0.690. The van der Waals surface area contributed by atoms with Crippen molar-refractivity contribution in [2.75, 3.05) is 0 Å². The van der Waals surface area contributed by atoms with Crippen LogP contribution < -0.4 is 0 Å². The maximum absolute atomic E-state index is 4.47. The Morgan fingerprint density at radius 3 is 2.59 bits per heavy atom. The van der Waals surface area contributed by atoms with Crippen molar-refractivity contribution in [2.45, 2.75) is 5.16 Å². The number of para-hydroxylation sites is 1. The van der Waals surface area contributed by atoms with Crippen LogP contribution in [-0.4, -0.2) is 9.55 Å². The summed E-state index contributed by atoms with van der Waals surface area (Å²) >= 11 is 6.10. The van der Waals surface area contributed by atoms with E-state index in [9.17, 15) is 0 Å². The number of aromatic nitrogens is 2. The average molecular weight is 258 g/mol. The summed E-state index contributed by atoms with van der Waals surface area (Å²) in [5.41, 5.74) is 2.04. The highest BCUT2D eigenvalue weighted by atomic mass is 32.1. The molecule has 0 unspecified atom stereocenters. The van der Waals surface area contributed by atoms with Crippen LogP contribution in [0.2, 0.25) is 0 Å². The predicted molar refractivity (Wildman–Crippen MR) is 74.1 cm³/mol. The number of imidazole rings is 1. The van der Waals surface area contributed by atoms with Crippen molar-refractivity contribution in [1.82, 2.24) is 9.55 Å². The van der Waals surface area contributed by atoms with Crippen molar-refractivity contribution >= 4 is 24.0 Å². The van der Waals surface area contributed by atoms with Crippen molar-refractivity contribution in [1.29, 1.82) is 0 Å². The lowest BCUT2D eigenvalue weighted by molar-refractivity contribution is 0.902. The van der Waals surface area contributed by atoms with Gasteiger partial charge in [0.2, 0.25) is 0 Å². The Hall–Kier alpha value is -1.52. The van der Waals surface area contributed by atoms with Gasteiger partial charge in [-0.15, -0.1) is 24.0 Å². The van der Waals surface area contributed by atoms with E-state index in [-0.39, 0.29) is 0 Å². The zero-order chi connectivity index (χ0) is 11.7. The van der Waals surface area contributed by atoms with Gasteiger partial charge in [-0.3, -0.25) is 4.57 Å². The molecule has 0 atom stereocenters. The summed E-state index contributed by atoms with van der Waals surface area (Å²) in [7, 11) is 0.